The van der Waals surface area contributed by atoms with E-state index in [0.717, 1.165) is 0 Å². The second kappa shape index (κ2) is 17.7. The molecule has 35 heavy (non-hydrogen) atoms. The number of nitrogens with two attached hydrogens (primary N) is 4. The number of carbonyl (C=O) groups is 5. The van der Waals surface area contributed by atoms with Crippen molar-refractivity contribution < 1.29 is 29.1 Å². The lowest BCUT2D eigenvalue weighted by molar-refractivity contribution is -0.142. The molecule has 16 heteroatoms. The predicted octanol–water partition coefficient (Wildman–Crippen LogP) is -3.15. The Kier molecular flexibility index (Phi) is 16.3. The number of thioether (sulfide) groups is 1. The van der Waals surface area contributed by atoms with Crippen LogP contribution >= 0.6 is 24.4 Å². The average Bonchev–Trinajstić information content (AvgIpc) is 2.79. The van der Waals surface area contributed by atoms with Gasteiger partial charge in [0.15, 0.2) is 5.96 Å². The summed E-state index contributed by atoms with van der Waals surface area (Å²) in [5.41, 5.74) is 21.2. The highest BCUT2D eigenvalue weighted by Crippen LogP contribution is 2.05. The van der Waals surface area contributed by atoms with Gasteiger partial charge in [-0.15, -0.1) is 0 Å². The van der Waals surface area contributed by atoms with Crippen LogP contribution in [0.3, 0.4) is 0 Å². The second-order valence-electron chi connectivity index (χ2n) is 7.55. The summed E-state index contributed by atoms with van der Waals surface area (Å²) >= 11 is 5.50. The average molecular weight is 537 g/mol. The number of hydrogen-bond donors (Lipinski definition) is 9. The number of nitrogens with one attached hydrogen (secondary N) is 3. The van der Waals surface area contributed by atoms with Gasteiger partial charge >= 0.3 is 5.97 Å². The molecule has 12 N–H and O–H groups in total. The number of thiol groups is 1. The monoisotopic (exact) mass is 536 g/mol. The van der Waals surface area contributed by atoms with Gasteiger partial charge < -0.3 is 44.0 Å². The highest BCUT2D eigenvalue weighted by molar-refractivity contribution is 7.98. The van der Waals surface area contributed by atoms with Gasteiger partial charge in [-0.3, -0.25) is 24.2 Å². The molecule has 0 aliphatic rings. The van der Waals surface area contributed by atoms with Crippen molar-refractivity contribution in [3.8, 4) is 0 Å². The number of carbonyl (C=O) groups excluding carboxylic acids is 4. The summed E-state index contributed by atoms with van der Waals surface area (Å²) in [6.07, 6.45) is 2.30. The van der Waals surface area contributed by atoms with Crippen molar-refractivity contribution in [3.63, 3.8) is 0 Å². The van der Waals surface area contributed by atoms with Crippen LogP contribution in [-0.2, 0) is 24.0 Å². The van der Waals surface area contributed by atoms with Crippen molar-refractivity contribution in [2.24, 2.45) is 27.9 Å². The molecule has 0 aromatic carbocycles. The van der Waals surface area contributed by atoms with Gasteiger partial charge in [-0.05, 0) is 37.7 Å². The van der Waals surface area contributed by atoms with Crippen molar-refractivity contribution in [1.29, 1.82) is 0 Å². The van der Waals surface area contributed by atoms with E-state index in [-0.39, 0.29) is 43.9 Å². The van der Waals surface area contributed by atoms with E-state index in [1.54, 1.807) is 0 Å². The van der Waals surface area contributed by atoms with E-state index < -0.39 is 53.8 Å². The van der Waals surface area contributed by atoms with Crippen LogP contribution in [0, 0.1) is 0 Å². The molecule has 0 radical (unpaired) electrons. The van der Waals surface area contributed by atoms with E-state index in [2.05, 4.69) is 33.6 Å². The van der Waals surface area contributed by atoms with Crippen molar-refractivity contribution >= 4 is 59.9 Å². The van der Waals surface area contributed by atoms with Crippen LogP contribution in [0.5, 0.6) is 0 Å². The number of aliphatic imine (C=N–C) groups is 1. The summed E-state index contributed by atoms with van der Waals surface area (Å²) in [7, 11) is 0. The topological polar surface area (TPSA) is 258 Å². The molecule has 0 aromatic heterocycles. The zero-order chi connectivity index (χ0) is 27.0. The second-order valence-corrected chi connectivity index (χ2v) is 8.90. The summed E-state index contributed by atoms with van der Waals surface area (Å²) in [6, 6.07) is -4.46. The zero-order valence-electron chi connectivity index (χ0n) is 19.6. The largest absolute Gasteiger partial charge is 0.480 e. The first-order valence-corrected chi connectivity index (χ1v) is 12.8. The minimum Gasteiger partial charge on any atom is -0.480 e. The van der Waals surface area contributed by atoms with Crippen LogP contribution in [-0.4, -0.2) is 89.1 Å². The molecule has 0 fully saturated rings. The maximum atomic E-state index is 12.8. The SMILES string of the molecule is CSCCC(NC(=O)C(CS)NC(=O)C(N)CCC(N)=O)C(=O)NC(CCCN=C(N)N)C(=O)O. The summed E-state index contributed by atoms with van der Waals surface area (Å²) in [6.45, 7) is 0.194. The molecular formula is C19H36N8O6S2. The minimum atomic E-state index is -1.25. The lowest BCUT2D eigenvalue weighted by atomic mass is 10.1. The van der Waals surface area contributed by atoms with Gasteiger partial charge in [0.2, 0.25) is 23.6 Å². The normalized spacial score (nSPS) is 14.0. The van der Waals surface area contributed by atoms with Crippen LogP contribution in [0.25, 0.3) is 0 Å². The van der Waals surface area contributed by atoms with E-state index in [1.807, 2.05) is 6.26 Å². The summed E-state index contributed by atoms with van der Waals surface area (Å²) < 4.78 is 0. The van der Waals surface area contributed by atoms with Crippen LogP contribution < -0.4 is 38.9 Å². The number of aliphatic carboxylic acids is 1. The molecule has 0 aliphatic heterocycles. The van der Waals surface area contributed by atoms with Gasteiger partial charge in [0.1, 0.15) is 18.1 Å². The van der Waals surface area contributed by atoms with E-state index in [1.165, 1.54) is 11.8 Å². The highest BCUT2D eigenvalue weighted by Gasteiger charge is 2.29. The Hall–Kier alpha value is -2.72. The molecule has 0 rings (SSSR count). The molecule has 0 saturated carbocycles. The van der Waals surface area contributed by atoms with Crippen molar-refractivity contribution in [3.05, 3.63) is 0 Å². The summed E-state index contributed by atoms with van der Waals surface area (Å²) in [4.78, 5) is 64.0. The minimum absolute atomic E-state index is 0.000588. The van der Waals surface area contributed by atoms with Gasteiger partial charge in [-0.25, -0.2) is 4.79 Å². The third-order valence-corrected chi connectivity index (χ3v) is 5.67. The maximum Gasteiger partial charge on any atom is 0.326 e. The quantitative estimate of drug-likeness (QED) is 0.0368. The smallest absolute Gasteiger partial charge is 0.326 e. The van der Waals surface area contributed by atoms with Crippen molar-refractivity contribution in [2.75, 3.05) is 24.3 Å². The molecule has 0 bridgehead atoms. The van der Waals surface area contributed by atoms with Gasteiger partial charge in [-0.2, -0.15) is 24.4 Å². The number of rotatable bonds is 18. The molecule has 4 atom stereocenters. The Bertz CT molecular complexity index is 766. The van der Waals surface area contributed by atoms with E-state index >= 15 is 0 Å². The molecule has 200 valence electrons. The van der Waals surface area contributed by atoms with Gasteiger partial charge in [0.05, 0.1) is 6.04 Å². The van der Waals surface area contributed by atoms with Crippen molar-refractivity contribution in [2.45, 2.75) is 56.3 Å². The first kappa shape index (κ1) is 32.3. The molecule has 0 heterocycles. The Morgan fingerprint density at radius 3 is 2.00 bits per heavy atom. The molecular weight excluding hydrogens is 500 g/mol. The molecule has 0 aromatic rings. The zero-order valence-corrected chi connectivity index (χ0v) is 21.3. The van der Waals surface area contributed by atoms with Crippen LogP contribution in [0.15, 0.2) is 4.99 Å². The van der Waals surface area contributed by atoms with E-state index in [0.29, 0.717) is 12.2 Å². The third-order valence-electron chi connectivity index (χ3n) is 4.66. The fourth-order valence-electron chi connectivity index (χ4n) is 2.71. The van der Waals surface area contributed by atoms with E-state index in [9.17, 15) is 29.1 Å². The first-order chi connectivity index (χ1) is 16.4. The van der Waals surface area contributed by atoms with Gasteiger partial charge in [0.25, 0.3) is 0 Å². The number of primary amides is 1. The Morgan fingerprint density at radius 2 is 1.49 bits per heavy atom. The Labute approximate surface area is 213 Å². The number of carboxylic acids is 1. The van der Waals surface area contributed by atoms with Gasteiger partial charge in [-0.1, -0.05) is 0 Å². The maximum absolute atomic E-state index is 12.8. The predicted molar refractivity (Wildman–Crippen MR) is 137 cm³/mol. The molecule has 0 aliphatic carbocycles. The molecule has 0 saturated heterocycles. The Balaban J connectivity index is 5.18. The summed E-state index contributed by atoms with van der Waals surface area (Å²) in [5.74, 6) is -3.66. The lowest BCUT2D eigenvalue weighted by Crippen LogP contribution is -2.57. The lowest BCUT2D eigenvalue weighted by Gasteiger charge is -2.24. The first-order valence-electron chi connectivity index (χ1n) is 10.8. The molecule has 4 amide bonds. The summed E-state index contributed by atoms with van der Waals surface area (Å²) in [5, 5.41) is 16.8. The number of carboxylic acid groups (broad SMARTS) is 1. The van der Waals surface area contributed by atoms with Crippen molar-refractivity contribution in [1.82, 2.24) is 16.0 Å². The number of guanidine groups is 1. The van der Waals surface area contributed by atoms with Crippen LogP contribution in [0.2, 0.25) is 0 Å². The fourth-order valence-corrected chi connectivity index (χ4v) is 3.44. The number of nitrogens with zero attached hydrogens (tertiary/aromatic N) is 1. The number of amides is 4. The molecule has 0 spiro atoms. The third kappa shape index (κ3) is 14.3. The molecule has 14 nitrogen and oxygen atoms in total. The highest BCUT2D eigenvalue weighted by atomic mass is 32.2. The van der Waals surface area contributed by atoms with E-state index in [4.69, 9.17) is 22.9 Å². The molecule has 4 unspecified atom stereocenters. The fraction of sp³-hybridized carbons (Fsp3) is 0.684. The standard InChI is InChI=1S/C19H36N8O6S2/c1-35-8-6-11(16(30)26-12(18(32)33)3-2-7-24-19(22)23)25-17(31)13(9-34)27-15(29)10(20)4-5-14(21)28/h10-13,34H,2-9,20H2,1H3,(H2,21,28)(H,25,31)(H,26,30)(H,27,29)(H,32,33)(H4,22,23,24). The van der Waals surface area contributed by atoms with Crippen LogP contribution in [0.4, 0.5) is 0 Å². The van der Waals surface area contributed by atoms with Crippen LogP contribution in [0.1, 0.15) is 32.1 Å². The Morgan fingerprint density at radius 1 is 0.914 bits per heavy atom. The van der Waals surface area contributed by atoms with Gasteiger partial charge in [0, 0.05) is 18.7 Å². The number of hydrogen-bond acceptors (Lipinski definition) is 9.